The summed E-state index contributed by atoms with van der Waals surface area (Å²) in [6.07, 6.45) is 2.20. The molecule has 0 N–H and O–H groups in total. The SMILES string of the molecule is COc1n(-c2ccccc2)c2cc(-c3ccccc3C)ccc2[n+]1-c1ccccc1C.Cc1ccccc1-c1ccc2c(c1)n(-c1ccccc1)c[n+]2-c1ccccc1C.[I-]. The number of aromatic nitrogens is 4. The van der Waals surface area contributed by atoms with E-state index in [2.05, 4.69) is 240 Å². The molecule has 61 heavy (non-hydrogen) atoms. The maximum Gasteiger partial charge on any atom is 0.467 e. The molecule has 0 saturated heterocycles. The van der Waals surface area contributed by atoms with Gasteiger partial charge in [0.2, 0.25) is 0 Å². The molecule has 0 aliphatic carbocycles. The molecule has 0 aliphatic rings. The van der Waals surface area contributed by atoms with Gasteiger partial charge >= 0.3 is 6.01 Å². The zero-order chi connectivity index (χ0) is 41.2. The summed E-state index contributed by atoms with van der Waals surface area (Å²) < 4.78 is 15.0. The summed E-state index contributed by atoms with van der Waals surface area (Å²) in [7, 11) is 1.74. The first-order valence-corrected chi connectivity index (χ1v) is 20.5. The molecule has 0 saturated carbocycles. The predicted molar refractivity (Wildman–Crippen MR) is 246 cm³/mol. The van der Waals surface area contributed by atoms with E-state index in [-0.39, 0.29) is 24.0 Å². The standard InChI is InChI=1S/C28H25N2O.C27H23N2.HI/c1-20-11-7-9-15-24(20)22-17-18-26-27(19-22)29(23-13-5-4-6-14-23)28(31-3)30(26)25-16-10-8-12-21(25)2;1-20-10-6-8-14-24(20)22-16-17-26-27(18-22)28(23-12-4-3-5-13-23)19-29(26)25-15-9-7-11-21(25)2;/h4-19H,1-3H3;3-19H,1-2H3;1H/q2*+1;/p-1. The van der Waals surface area contributed by atoms with Crippen molar-refractivity contribution >= 4 is 22.1 Å². The van der Waals surface area contributed by atoms with E-state index in [1.165, 1.54) is 61.2 Å². The highest BCUT2D eigenvalue weighted by atomic mass is 127. The van der Waals surface area contributed by atoms with Crippen LogP contribution in [0.3, 0.4) is 0 Å². The molecule has 0 bridgehead atoms. The van der Waals surface area contributed by atoms with Crippen LogP contribution in [-0.2, 0) is 0 Å². The van der Waals surface area contributed by atoms with E-state index in [4.69, 9.17) is 4.74 Å². The number of nitrogens with zero attached hydrogens (tertiary/aromatic N) is 4. The van der Waals surface area contributed by atoms with Gasteiger partial charge in [-0.3, -0.25) is 0 Å². The number of hydrogen-bond donors (Lipinski definition) is 0. The minimum absolute atomic E-state index is 0. The third kappa shape index (κ3) is 7.87. The largest absolute Gasteiger partial charge is 1.00 e. The monoisotopic (exact) mass is 907 g/mol. The Morgan fingerprint density at radius 3 is 1.43 bits per heavy atom. The molecule has 0 aliphatic heterocycles. The average Bonchev–Trinajstić information content (AvgIpc) is 3.83. The van der Waals surface area contributed by atoms with Crippen molar-refractivity contribution in [1.29, 1.82) is 0 Å². The van der Waals surface area contributed by atoms with Crippen LogP contribution in [0.25, 0.3) is 67.1 Å². The summed E-state index contributed by atoms with van der Waals surface area (Å²) in [6.45, 7) is 8.62. The van der Waals surface area contributed by atoms with Gasteiger partial charge in [0.05, 0.1) is 7.11 Å². The van der Waals surface area contributed by atoms with Gasteiger partial charge in [-0.1, -0.05) is 121 Å². The Labute approximate surface area is 375 Å². The molecule has 300 valence electrons. The Morgan fingerprint density at radius 1 is 0.426 bits per heavy atom. The van der Waals surface area contributed by atoms with Crippen LogP contribution in [0, 0.1) is 27.7 Å². The van der Waals surface area contributed by atoms with E-state index < -0.39 is 0 Å². The Hall–Kier alpha value is -6.77. The molecule has 0 atom stereocenters. The first-order chi connectivity index (χ1) is 29.4. The van der Waals surface area contributed by atoms with Gasteiger partial charge in [0.25, 0.3) is 6.33 Å². The second kappa shape index (κ2) is 17.8. The highest BCUT2D eigenvalue weighted by Gasteiger charge is 2.30. The van der Waals surface area contributed by atoms with Gasteiger partial charge in [-0.05, 0) is 145 Å². The molecule has 5 nitrogen and oxygen atoms in total. The molecule has 10 aromatic rings. The van der Waals surface area contributed by atoms with E-state index in [1.807, 2.05) is 6.07 Å². The van der Waals surface area contributed by atoms with Crippen molar-refractivity contribution in [3.8, 4) is 51.0 Å². The van der Waals surface area contributed by atoms with Crippen molar-refractivity contribution in [2.24, 2.45) is 0 Å². The van der Waals surface area contributed by atoms with Gasteiger partial charge in [-0.15, -0.1) is 0 Å². The number of para-hydroxylation sites is 4. The Bertz CT molecular complexity index is 3130. The summed E-state index contributed by atoms with van der Waals surface area (Å²) in [5.41, 5.74) is 19.1. The van der Waals surface area contributed by atoms with Gasteiger partial charge < -0.3 is 28.7 Å². The van der Waals surface area contributed by atoms with Crippen molar-refractivity contribution in [3.05, 3.63) is 223 Å². The second-order valence-corrected chi connectivity index (χ2v) is 15.3. The number of aryl methyl sites for hydroxylation is 4. The normalized spacial score (nSPS) is 10.9. The maximum absolute atomic E-state index is 6.02. The topological polar surface area (TPSA) is 26.8 Å². The van der Waals surface area contributed by atoms with Gasteiger partial charge in [0.1, 0.15) is 22.7 Å². The molecule has 2 heterocycles. The van der Waals surface area contributed by atoms with Crippen LogP contribution in [0.2, 0.25) is 0 Å². The maximum atomic E-state index is 6.02. The predicted octanol–water partition coefficient (Wildman–Crippen LogP) is 9.39. The summed E-state index contributed by atoms with van der Waals surface area (Å²) >= 11 is 0. The molecule has 0 unspecified atom stereocenters. The third-order valence-electron chi connectivity index (χ3n) is 11.4. The number of methoxy groups -OCH3 is 1. The number of benzene rings is 8. The highest BCUT2D eigenvalue weighted by molar-refractivity contribution is 5.84. The number of rotatable bonds is 7. The van der Waals surface area contributed by atoms with E-state index in [9.17, 15) is 0 Å². The first kappa shape index (κ1) is 41.0. The summed E-state index contributed by atoms with van der Waals surface area (Å²) in [4.78, 5) is 0. The average molecular weight is 908 g/mol. The van der Waals surface area contributed by atoms with Gasteiger partial charge in [-0.25, -0.2) is 0 Å². The summed E-state index contributed by atoms with van der Waals surface area (Å²) in [5, 5.41) is 0. The van der Waals surface area contributed by atoms with Crippen molar-refractivity contribution < 1.29 is 37.8 Å². The van der Waals surface area contributed by atoms with Gasteiger partial charge in [0, 0.05) is 0 Å². The lowest BCUT2D eigenvalue weighted by Crippen LogP contribution is -3.00. The van der Waals surface area contributed by atoms with Crippen LogP contribution in [0.1, 0.15) is 22.3 Å². The van der Waals surface area contributed by atoms with Crippen molar-refractivity contribution in [2.45, 2.75) is 27.7 Å². The zero-order valence-corrected chi connectivity index (χ0v) is 37.3. The molecule has 8 aromatic carbocycles. The lowest BCUT2D eigenvalue weighted by molar-refractivity contribution is -0.576. The smallest absolute Gasteiger partial charge is 0.467 e. The number of imidazole rings is 2. The van der Waals surface area contributed by atoms with Crippen LogP contribution in [0.5, 0.6) is 6.01 Å². The third-order valence-corrected chi connectivity index (χ3v) is 11.4. The minimum Gasteiger partial charge on any atom is -1.00 e. The van der Waals surface area contributed by atoms with Gasteiger partial charge in [0.15, 0.2) is 22.1 Å². The number of hydrogen-bond acceptors (Lipinski definition) is 1. The van der Waals surface area contributed by atoms with E-state index in [0.717, 1.165) is 34.1 Å². The molecule has 0 fully saturated rings. The van der Waals surface area contributed by atoms with Crippen LogP contribution in [0.4, 0.5) is 0 Å². The fourth-order valence-electron chi connectivity index (χ4n) is 8.36. The molecule has 0 amide bonds. The fraction of sp³-hybridized carbons (Fsp3) is 0.0909. The fourth-order valence-corrected chi connectivity index (χ4v) is 8.36. The summed E-state index contributed by atoms with van der Waals surface area (Å²) in [6, 6.07) is 69.2. The quantitative estimate of drug-likeness (QED) is 0.116. The molecule has 0 radical (unpaired) electrons. The highest BCUT2D eigenvalue weighted by Crippen LogP contribution is 2.33. The minimum atomic E-state index is 0. The Kier molecular flexibility index (Phi) is 12.0. The van der Waals surface area contributed by atoms with Crippen molar-refractivity contribution in [2.75, 3.05) is 7.11 Å². The van der Waals surface area contributed by atoms with Crippen molar-refractivity contribution in [3.63, 3.8) is 0 Å². The van der Waals surface area contributed by atoms with E-state index >= 15 is 0 Å². The van der Waals surface area contributed by atoms with E-state index in [0.29, 0.717) is 0 Å². The molecule has 6 heteroatoms. The zero-order valence-electron chi connectivity index (χ0n) is 35.1. The molecular weight excluding hydrogens is 860 g/mol. The van der Waals surface area contributed by atoms with Gasteiger partial charge in [-0.2, -0.15) is 18.3 Å². The molecule has 2 aromatic heterocycles. The Balaban J connectivity index is 0.000000166. The number of halogens is 1. The van der Waals surface area contributed by atoms with Crippen LogP contribution < -0.4 is 37.8 Å². The first-order valence-electron chi connectivity index (χ1n) is 20.5. The number of ether oxygens (including phenoxy) is 1. The van der Waals surface area contributed by atoms with E-state index in [1.54, 1.807) is 7.11 Å². The lowest BCUT2D eigenvalue weighted by Gasteiger charge is -2.06. The number of fused-ring (bicyclic) bond motifs is 2. The van der Waals surface area contributed by atoms with Crippen LogP contribution in [-0.4, -0.2) is 16.2 Å². The summed E-state index contributed by atoms with van der Waals surface area (Å²) in [5.74, 6) is 0. The van der Waals surface area contributed by atoms with Crippen LogP contribution >= 0.6 is 0 Å². The second-order valence-electron chi connectivity index (χ2n) is 15.3. The van der Waals surface area contributed by atoms with Crippen LogP contribution in [0.15, 0.2) is 200 Å². The Morgan fingerprint density at radius 2 is 0.885 bits per heavy atom. The van der Waals surface area contributed by atoms with Crippen molar-refractivity contribution in [1.82, 2.24) is 9.13 Å². The molecular formula is C55H48IN4O+. The molecule has 0 spiro atoms. The molecule has 10 rings (SSSR count). The lowest BCUT2D eigenvalue weighted by atomic mass is 10.0.